The smallest absolute Gasteiger partial charge is 0.0598 e. The lowest BCUT2D eigenvalue weighted by Gasteiger charge is -2.31. The first kappa shape index (κ1) is 14.0. The molecule has 1 aliphatic rings. The highest BCUT2D eigenvalue weighted by Crippen LogP contribution is 2.24. The van der Waals surface area contributed by atoms with Crippen molar-refractivity contribution >= 4 is 15.9 Å². The minimum absolute atomic E-state index is 0.193. The minimum Gasteiger partial charge on any atom is -0.329 e. The maximum absolute atomic E-state index is 5.92. The summed E-state index contributed by atoms with van der Waals surface area (Å²) in [6, 6.07) is 6.64. The molecular formula is C14H22BrN3. The molecule has 0 aliphatic carbocycles. The van der Waals surface area contributed by atoms with Gasteiger partial charge >= 0.3 is 0 Å². The molecule has 100 valence electrons. The van der Waals surface area contributed by atoms with Crippen molar-refractivity contribution in [1.29, 1.82) is 0 Å². The van der Waals surface area contributed by atoms with E-state index in [0.717, 1.165) is 17.6 Å². The van der Waals surface area contributed by atoms with Crippen molar-refractivity contribution in [2.24, 2.45) is 5.73 Å². The maximum Gasteiger partial charge on any atom is 0.0598 e. The van der Waals surface area contributed by atoms with Crippen LogP contribution in [0.3, 0.4) is 0 Å². The molecule has 1 atom stereocenters. The molecule has 1 aromatic carbocycles. The molecule has 1 saturated heterocycles. The number of piperidine rings is 1. The van der Waals surface area contributed by atoms with Gasteiger partial charge in [-0.15, -0.1) is 0 Å². The number of rotatable bonds is 4. The van der Waals surface area contributed by atoms with Gasteiger partial charge in [-0.2, -0.15) is 0 Å². The Morgan fingerprint density at radius 1 is 1.33 bits per heavy atom. The van der Waals surface area contributed by atoms with Gasteiger partial charge < -0.3 is 5.73 Å². The van der Waals surface area contributed by atoms with Crippen LogP contribution in [0.25, 0.3) is 0 Å². The first-order valence-corrected chi connectivity index (χ1v) is 7.47. The second kappa shape index (κ2) is 6.66. The predicted octanol–water partition coefficient (Wildman–Crippen LogP) is 2.75. The van der Waals surface area contributed by atoms with E-state index in [9.17, 15) is 0 Å². The Kier molecular flexibility index (Phi) is 5.18. The normalized spacial score (nSPS) is 18.8. The standard InChI is InChI=1S/C14H22BrN3/c1-11-5-6-12(13(15)9-11)14(10-16)17-18-7-3-2-4-8-18/h5-6,9,14,17H,2-4,7-8,10,16H2,1H3. The molecule has 0 bridgehead atoms. The topological polar surface area (TPSA) is 41.3 Å². The Balaban J connectivity index is 2.07. The van der Waals surface area contributed by atoms with Crippen molar-refractivity contribution in [3.8, 4) is 0 Å². The van der Waals surface area contributed by atoms with E-state index in [2.05, 4.69) is 51.5 Å². The van der Waals surface area contributed by atoms with Gasteiger partial charge in [0, 0.05) is 24.1 Å². The fraction of sp³-hybridized carbons (Fsp3) is 0.571. The molecule has 0 amide bonds. The summed E-state index contributed by atoms with van der Waals surface area (Å²) in [7, 11) is 0. The van der Waals surface area contributed by atoms with Crippen LogP contribution in [0.2, 0.25) is 0 Å². The zero-order chi connectivity index (χ0) is 13.0. The summed E-state index contributed by atoms with van der Waals surface area (Å²) >= 11 is 3.64. The van der Waals surface area contributed by atoms with Crippen LogP contribution in [0.15, 0.2) is 22.7 Å². The number of nitrogens with zero attached hydrogens (tertiary/aromatic N) is 1. The van der Waals surface area contributed by atoms with Gasteiger partial charge in [0.15, 0.2) is 0 Å². The molecule has 1 fully saturated rings. The van der Waals surface area contributed by atoms with Gasteiger partial charge in [0.25, 0.3) is 0 Å². The molecule has 0 radical (unpaired) electrons. The summed E-state index contributed by atoms with van der Waals surface area (Å²) in [6.07, 6.45) is 3.90. The van der Waals surface area contributed by atoms with Gasteiger partial charge in [-0.3, -0.25) is 0 Å². The van der Waals surface area contributed by atoms with E-state index in [-0.39, 0.29) is 6.04 Å². The third-order valence-corrected chi connectivity index (χ3v) is 4.15. The highest BCUT2D eigenvalue weighted by atomic mass is 79.9. The zero-order valence-corrected chi connectivity index (χ0v) is 12.5. The monoisotopic (exact) mass is 311 g/mol. The molecule has 3 nitrogen and oxygen atoms in total. The molecule has 0 aromatic heterocycles. The van der Waals surface area contributed by atoms with Crippen LogP contribution in [0.1, 0.15) is 36.4 Å². The second-order valence-corrected chi connectivity index (χ2v) is 5.84. The van der Waals surface area contributed by atoms with Gasteiger partial charge in [-0.25, -0.2) is 10.4 Å². The number of halogens is 1. The van der Waals surface area contributed by atoms with Crippen LogP contribution in [0.5, 0.6) is 0 Å². The Labute approximate surface area is 118 Å². The van der Waals surface area contributed by atoms with Crippen LogP contribution >= 0.6 is 15.9 Å². The number of hydrogen-bond donors (Lipinski definition) is 2. The van der Waals surface area contributed by atoms with E-state index in [1.807, 2.05) is 0 Å². The van der Waals surface area contributed by atoms with Crippen molar-refractivity contribution in [1.82, 2.24) is 10.4 Å². The summed E-state index contributed by atoms with van der Waals surface area (Å²) < 4.78 is 1.14. The zero-order valence-electron chi connectivity index (χ0n) is 11.0. The molecule has 1 unspecified atom stereocenters. The van der Waals surface area contributed by atoms with E-state index in [1.165, 1.54) is 30.4 Å². The van der Waals surface area contributed by atoms with Gasteiger partial charge in [0.05, 0.1) is 6.04 Å². The quantitative estimate of drug-likeness (QED) is 0.898. The first-order valence-electron chi connectivity index (χ1n) is 6.68. The first-order chi connectivity index (χ1) is 8.70. The lowest BCUT2D eigenvalue weighted by molar-refractivity contribution is 0.130. The number of aryl methyl sites for hydroxylation is 1. The fourth-order valence-corrected chi connectivity index (χ4v) is 3.18. The largest absolute Gasteiger partial charge is 0.329 e. The number of hydrogen-bond acceptors (Lipinski definition) is 3. The van der Waals surface area contributed by atoms with Crippen LogP contribution in [0, 0.1) is 6.92 Å². The average Bonchev–Trinajstić information content (AvgIpc) is 2.38. The van der Waals surface area contributed by atoms with Crippen LogP contribution in [0.4, 0.5) is 0 Å². The van der Waals surface area contributed by atoms with E-state index < -0.39 is 0 Å². The van der Waals surface area contributed by atoms with Crippen LogP contribution < -0.4 is 11.2 Å². The highest BCUT2D eigenvalue weighted by Gasteiger charge is 2.17. The van der Waals surface area contributed by atoms with Crippen molar-refractivity contribution < 1.29 is 0 Å². The van der Waals surface area contributed by atoms with Gasteiger partial charge in [0.2, 0.25) is 0 Å². The van der Waals surface area contributed by atoms with Gasteiger partial charge in [0.1, 0.15) is 0 Å². The number of benzene rings is 1. The van der Waals surface area contributed by atoms with Gasteiger partial charge in [-0.05, 0) is 37.0 Å². The lowest BCUT2D eigenvalue weighted by atomic mass is 10.1. The van der Waals surface area contributed by atoms with E-state index in [0.29, 0.717) is 6.54 Å². The van der Waals surface area contributed by atoms with Crippen molar-refractivity contribution in [3.05, 3.63) is 33.8 Å². The van der Waals surface area contributed by atoms with Crippen molar-refractivity contribution in [2.45, 2.75) is 32.2 Å². The van der Waals surface area contributed by atoms with Crippen LogP contribution in [-0.4, -0.2) is 24.6 Å². The summed E-state index contributed by atoms with van der Waals surface area (Å²) in [5, 5.41) is 2.31. The Hall–Kier alpha value is -0.420. The summed E-state index contributed by atoms with van der Waals surface area (Å²) in [4.78, 5) is 0. The highest BCUT2D eigenvalue weighted by molar-refractivity contribution is 9.10. The molecule has 1 heterocycles. The molecule has 4 heteroatoms. The predicted molar refractivity (Wildman–Crippen MR) is 79.2 cm³/mol. The number of hydrazine groups is 1. The third-order valence-electron chi connectivity index (χ3n) is 3.46. The summed E-state index contributed by atoms with van der Waals surface area (Å²) in [5.74, 6) is 0. The van der Waals surface area contributed by atoms with E-state index in [4.69, 9.17) is 5.73 Å². The van der Waals surface area contributed by atoms with Gasteiger partial charge in [-0.1, -0.05) is 34.5 Å². The molecular weight excluding hydrogens is 290 g/mol. The minimum atomic E-state index is 0.193. The molecule has 0 saturated carbocycles. The molecule has 3 N–H and O–H groups in total. The molecule has 18 heavy (non-hydrogen) atoms. The van der Waals surface area contributed by atoms with E-state index in [1.54, 1.807) is 0 Å². The lowest BCUT2D eigenvalue weighted by Crippen LogP contribution is -2.45. The van der Waals surface area contributed by atoms with Crippen molar-refractivity contribution in [2.75, 3.05) is 19.6 Å². The second-order valence-electron chi connectivity index (χ2n) is 4.99. The van der Waals surface area contributed by atoms with Crippen LogP contribution in [-0.2, 0) is 0 Å². The fourth-order valence-electron chi connectivity index (χ4n) is 2.41. The van der Waals surface area contributed by atoms with E-state index >= 15 is 0 Å². The molecule has 1 aliphatic heterocycles. The Bertz CT molecular complexity index is 389. The maximum atomic E-state index is 5.92. The third kappa shape index (κ3) is 3.54. The Morgan fingerprint density at radius 3 is 2.67 bits per heavy atom. The molecule has 1 aromatic rings. The SMILES string of the molecule is Cc1ccc(C(CN)NN2CCCCC2)c(Br)c1. The number of nitrogens with one attached hydrogen (secondary N) is 1. The van der Waals surface area contributed by atoms with Crippen molar-refractivity contribution in [3.63, 3.8) is 0 Å². The summed E-state index contributed by atoms with van der Waals surface area (Å²) in [6.45, 7) is 4.96. The average molecular weight is 312 g/mol. The molecule has 2 rings (SSSR count). The number of nitrogens with two attached hydrogens (primary N) is 1. The summed E-state index contributed by atoms with van der Waals surface area (Å²) in [5.41, 5.74) is 12.0. The Morgan fingerprint density at radius 2 is 2.06 bits per heavy atom. The molecule has 0 spiro atoms.